The molecule has 3 heteroatoms. The number of nitrogens with two attached hydrogens (primary N) is 1. The highest BCUT2D eigenvalue weighted by Crippen LogP contribution is 2.31. The first kappa shape index (κ1) is 14.1. The molecular formula is C16H24N2O. The lowest BCUT2D eigenvalue weighted by atomic mass is 9.96. The molecule has 0 aromatic heterocycles. The summed E-state index contributed by atoms with van der Waals surface area (Å²) in [6.45, 7) is 10.9. The van der Waals surface area contributed by atoms with Crippen molar-refractivity contribution < 1.29 is 4.79 Å². The van der Waals surface area contributed by atoms with Gasteiger partial charge in [-0.15, -0.1) is 0 Å². The van der Waals surface area contributed by atoms with Crippen molar-refractivity contribution in [1.29, 1.82) is 0 Å². The first-order valence-electron chi connectivity index (χ1n) is 6.88. The summed E-state index contributed by atoms with van der Waals surface area (Å²) in [7, 11) is 0. The number of likely N-dealkylation sites (tertiary alicyclic amines) is 1. The normalized spacial score (nSPS) is 21.8. The minimum atomic E-state index is -0.153. The van der Waals surface area contributed by atoms with E-state index in [2.05, 4.69) is 32.9 Å². The second-order valence-corrected chi connectivity index (χ2v) is 6.47. The Balaban J connectivity index is 2.41. The first-order valence-corrected chi connectivity index (χ1v) is 6.88. The van der Waals surface area contributed by atoms with E-state index in [1.807, 2.05) is 18.7 Å². The zero-order chi connectivity index (χ0) is 14.4. The van der Waals surface area contributed by atoms with Crippen LogP contribution in [-0.4, -0.2) is 28.9 Å². The van der Waals surface area contributed by atoms with Gasteiger partial charge in [-0.3, -0.25) is 4.79 Å². The molecular weight excluding hydrogens is 236 g/mol. The van der Waals surface area contributed by atoms with E-state index in [1.54, 1.807) is 0 Å². The van der Waals surface area contributed by atoms with Gasteiger partial charge < -0.3 is 10.6 Å². The lowest BCUT2D eigenvalue weighted by Gasteiger charge is -2.32. The Morgan fingerprint density at radius 2 is 1.79 bits per heavy atom. The van der Waals surface area contributed by atoms with Gasteiger partial charge in [-0.1, -0.05) is 17.7 Å². The van der Waals surface area contributed by atoms with Crippen molar-refractivity contribution in [2.45, 2.75) is 52.6 Å². The molecule has 0 saturated carbocycles. The molecule has 1 heterocycles. The van der Waals surface area contributed by atoms with Crippen LogP contribution in [0.2, 0.25) is 0 Å². The Hall–Kier alpha value is -1.35. The van der Waals surface area contributed by atoms with Crippen LogP contribution in [0.1, 0.15) is 47.3 Å². The van der Waals surface area contributed by atoms with Gasteiger partial charge >= 0.3 is 0 Å². The second-order valence-electron chi connectivity index (χ2n) is 6.47. The van der Waals surface area contributed by atoms with Gasteiger partial charge in [0, 0.05) is 23.7 Å². The standard InChI is InChI=1S/C16H24N2O/c1-10-6-11(2)14(12(3)7-10)15(19)18-9-13(17)8-16(18,4)5/h6-7,13H,8-9,17H2,1-5H3. The van der Waals surface area contributed by atoms with Crippen LogP contribution >= 0.6 is 0 Å². The number of carbonyl (C=O) groups excluding carboxylic acids is 1. The van der Waals surface area contributed by atoms with Gasteiger partial charge in [0.15, 0.2) is 0 Å². The fraction of sp³-hybridized carbons (Fsp3) is 0.562. The van der Waals surface area contributed by atoms with E-state index in [9.17, 15) is 4.79 Å². The fourth-order valence-electron chi connectivity index (χ4n) is 3.31. The van der Waals surface area contributed by atoms with E-state index in [0.29, 0.717) is 6.54 Å². The molecule has 19 heavy (non-hydrogen) atoms. The van der Waals surface area contributed by atoms with E-state index in [0.717, 1.165) is 23.1 Å². The average Bonchev–Trinajstić information content (AvgIpc) is 2.49. The second kappa shape index (κ2) is 4.64. The molecule has 1 fully saturated rings. The van der Waals surface area contributed by atoms with Crippen LogP contribution in [0.15, 0.2) is 12.1 Å². The summed E-state index contributed by atoms with van der Waals surface area (Å²) in [6, 6.07) is 4.23. The molecule has 1 aromatic carbocycles. The van der Waals surface area contributed by atoms with Gasteiger partial charge in [-0.25, -0.2) is 0 Å². The molecule has 1 amide bonds. The fourth-order valence-corrected chi connectivity index (χ4v) is 3.31. The quantitative estimate of drug-likeness (QED) is 0.843. The summed E-state index contributed by atoms with van der Waals surface area (Å²) >= 11 is 0. The van der Waals surface area contributed by atoms with E-state index in [-0.39, 0.29) is 17.5 Å². The van der Waals surface area contributed by atoms with Gasteiger partial charge in [0.25, 0.3) is 5.91 Å². The predicted octanol–water partition coefficient (Wildman–Crippen LogP) is 2.56. The lowest BCUT2D eigenvalue weighted by Crippen LogP contribution is -2.43. The SMILES string of the molecule is Cc1cc(C)c(C(=O)N2CC(N)CC2(C)C)c(C)c1. The molecule has 1 saturated heterocycles. The molecule has 0 bridgehead atoms. The number of amides is 1. The third-order valence-corrected chi connectivity index (χ3v) is 4.05. The number of aryl methyl sites for hydroxylation is 3. The van der Waals surface area contributed by atoms with Gasteiger partial charge in [-0.2, -0.15) is 0 Å². The Bertz CT molecular complexity index is 496. The Morgan fingerprint density at radius 3 is 2.21 bits per heavy atom. The minimum absolute atomic E-state index is 0.0880. The van der Waals surface area contributed by atoms with Gasteiger partial charge in [0.1, 0.15) is 0 Å². The van der Waals surface area contributed by atoms with Gasteiger partial charge in [0.05, 0.1) is 0 Å². The van der Waals surface area contributed by atoms with Crippen molar-refractivity contribution in [3.8, 4) is 0 Å². The van der Waals surface area contributed by atoms with Gasteiger partial charge in [0.2, 0.25) is 0 Å². The largest absolute Gasteiger partial charge is 0.332 e. The van der Waals surface area contributed by atoms with Crippen molar-refractivity contribution in [3.63, 3.8) is 0 Å². The highest BCUT2D eigenvalue weighted by atomic mass is 16.2. The monoisotopic (exact) mass is 260 g/mol. The molecule has 104 valence electrons. The highest BCUT2D eigenvalue weighted by Gasteiger charge is 2.40. The minimum Gasteiger partial charge on any atom is -0.332 e. The van der Waals surface area contributed by atoms with E-state index >= 15 is 0 Å². The van der Waals surface area contributed by atoms with E-state index in [1.165, 1.54) is 5.56 Å². The zero-order valence-electron chi connectivity index (χ0n) is 12.6. The predicted molar refractivity (Wildman–Crippen MR) is 78.4 cm³/mol. The molecule has 0 radical (unpaired) electrons. The molecule has 1 aromatic rings. The van der Waals surface area contributed by atoms with Crippen molar-refractivity contribution in [2.75, 3.05) is 6.54 Å². The summed E-state index contributed by atoms with van der Waals surface area (Å²) in [6.07, 6.45) is 0.864. The molecule has 1 atom stereocenters. The molecule has 3 nitrogen and oxygen atoms in total. The van der Waals surface area contributed by atoms with Crippen LogP contribution in [0.3, 0.4) is 0 Å². The Morgan fingerprint density at radius 1 is 1.26 bits per heavy atom. The maximum atomic E-state index is 12.8. The summed E-state index contributed by atoms with van der Waals surface area (Å²) in [5, 5.41) is 0. The summed E-state index contributed by atoms with van der Waals surface area (Å²) in [5.74, 6) is 0.118. The lowest BCUT2D eigenvalue weighted by molar-refractivity contribution is 0.0649. The molecule has 2 rings (SSSR count). The summed E-state index contributed by atoms with van der Waals surface area (Å²) in [4.78, 5) is 14.8. The highest BCUT2D eigenvalue weighted by molar-refractivity contribution is 5.97. The van der Waals surface area contributed by atoms with Crippen LogP contribution in [0, 0.1) is 20.8 Å². The van der Waals surface area contributed by atoms with Crippen LogP contribution < -0.4 is 5.73 Å². The van der Waals surface area contributed by atoms with Crippen LogP contribution in [0.4, 0.5) is 0 Å². The third-order valence-electron chi connectivity index (χ3n) is 4.05. The number of rotatable bonds is 1. The van der Waals surface area contributed by atoms with Crippen LogP contribution in [-0.2, 0) is 0 Å². The van der Waals surface area contributed by atoms with Crippen LogP contribution in [0.25, 0.3) is 0 Å². The summed E-state index contributed by atoms with van der Waals surface area (Å²) < 4.78 is 0. The third kappa shape index (κ3) is 2.52. The number of benzene rings is 1. The maximum absolute atomic E-state index is 12.8. The van der Waals surface area contributed by atoms with Crippen molar-refractivity contribution in [3.05, 3.63) is 34.4 Å². The molecule has 0 spiro atoms. The smallest absolute Gasteiger partial charge is 0.254 e. The first-order chi connectivity index (χ1) is 8.72. The van der Waals surface area contributed by atoms with Gasteiger partial charge in [-0.05, 0) is 52.2 Å². The van der Waals surface area contributed by atoms with Crippen molar-refractivity contribution in [2.24, 2.45) is 5.73 Å². The molecule has 1 unspecified atom stereocenters. The molecule has 0 aliphatic carbocycles. The maximum Gasteiger partial charge on any atom is 0.254 e. The molecule has 1 aliphatic heterocycles. The molecule has 1 aliphatic rings. The van der Waals surface area contributed by atoms with Crippen molar-refractivity contribution in [1.82, 2.24) is 4.90 Å². The average molecular weight is 260 g/mol. The Kier molecular flexibility index (Phi) is 3.43. The van der Waals surface area contributed by atoms with Crippen molar-refractivity contribution >= 4 is 5.91 Å². The topological polar surface area (TPSA) is 46.3 Å². The zero-order valence-corrected chi connectivity index (χ0v) is 12.6. The Labute approximate surface area is 115 Å². The number of nitrogens with zero attached hydrogens (tertiary/aromatic N) is 1. The number of hydrogen-bond acceptors (Lipinski definition) is 2. The van der Waals surface area contributed by atoms with E-state index in [4.69, 9.17) is 5.73 Å². The van der Waals surface area contributed by atoms with Crippen LogP contribution in [0.5, 0.6) is 0 Å². The number of carbonyl (C=O) groups is 1. The molecule has 2 N–H and O–H groups in total. The van der Waals surface area contributed by atoms with E-state index < -0.39 is 0 Å². The number of hydrogen-bond donors (Lipinski definition) is 1. The summed E-state index contributed by atoms with van der Waals surface area (Å²) in [5.41, 5.74) is 10.0.